The van der Waals surface area contributed by atoms with Crippen LogP contribution in [0.4, 0.5) is 0 Å². The third-order valence-electron chi connectivity index (χ3n) is 15.4. The summed E-state index contributed by atoms with van der Waals surface area (Å²) in [5.41, 5.74) is 0. The first-order chi connectivity index (χ1) is 39.5. The highest BCUT2D eigenvalue weighted by molar-refractivity contribution is 5.71. The second-order valence-electron chi connectivity index (χ2n) is 23.4. The summed E-state index contributed by atoms with van der Waals surface area (Å²) < 4.78 is 17.0. The van der Waals surface area contributed by atoms with Gasteiger partial charge in [0, 0.05) is 19.3 Å². The summed E-state index contributed by atoms with van der Waals surface area (Å²) >= 11 is 0. The molecule has 0 rings (SSSR count). The van der Waals surface area contributed by atoms with E-state index in [1.807, 2.05) is 0 Å². The van der Waals surface area contributed by atoms with Crippen LogP contribution in [0.15, 0.2) is 72.9 Å². The van der Waals surface area contributed by atoms with Crippen LogP contribution in [0.2, 0.25) is 0 Å². The van der Waals surface area contributed by atoms with E-state index >= 15 is 0 Å². The molecule has 0 spiro atoms. The first kappa shape index (κ1) is 76.9. The van der Waals surface area contributed by atoms with Gasteiger partial charge in [-0.05, 0) is 89.9 Å². The first-order valence-corrected chi connectivity index (χ1v) is 34.9. The van der Waals surface area contributed by atoms with Crippen molar-refractivity contribution < 1.29 is 28.6 Å². The van der Waals surface area contributed by atoms with Crippen LogP contribution in [-0.4, -0.2) is 37.2 Å². The van der Waals surface area contributed by atoms with Crippen LogP contribution in [0.25, 0.3) is 0 Å². The van der Waals surface area contributed by atoms with E-state index in [0.717, 1.165) is 103 Å². The summed E-state index contributed by atoms with van der Waals surface area (Å²) in [5.74, 6) is -0.867. The number of unbranched alkanes of at least 4 members (excludes halogenated alkanes) is 41. The Hall–Kier alpha value is -3.15. The molecule has 6 heteroatoms. The standard InChI is InChI=1S/C74H132O6/c1-4-7-10-13-16-19-22-25-28-31-33-34-35-36-37-38-39-40-42-43-46-49-52-55-58-61-64-67-73(76)79-70-71(69-78-72(75)66-63-60-57-54-51-48-45-30-27-24-21-18-15-12-9-6-3)80-74(77)68-65-62-59-56-53-50-47-44-41-32-29-26-23-20-17-14-11-8-5-2/h7,10,16,19,21,24-25,28,30,33-34,45,71H,4-6,8-9,11-15,17-18,20,22-23,26-27,29,31-32,35-44,46-70H2,1-3H3/b10-7-,19-16-,24-21-,28-25-,34-33-,45-30-. The highest BCUT2D eigenvalue weighted by Gasteiger charge is 2.19. The molecule has 464 valence electrons. The van der Waals surface area contributed by atoms with Crippen molar-refractivity contribution in [2.24, 2.45) is 0 Å². The summed E-state index contributed by atoms with van der Waals surface area (Å²) in [4.78, 5) is 38.4. The van der Waals surface area contributed by atoms with Gasteiger partial charge in [-0.15, -0.1) is 0 Å². The van der Waals surface area contributed by atoms with Crippen molar-refractivity contribution in [2.45, 2.75) is 367 Å². The molecule has 6 nitrogen and oxygen atoms in total. The van der Waals surface area contributed by atoms with E-state index in [0.29, 0.717) is 19.3 Å². The maximum Gasteiger partial charge on any atom is 0.306 e. The molecular formula is C74H132O6. The Labute approximate surface area is 497 Å². The molecule has 0 N–H and O–H groups in total. The molecule has 0 aliphatic carbocycles. The SMILES string of the molecule is CC/C=C\C/C=C\C/C=C\C/C=C\CCCCCCCCCCCCCCCCC(=O)OCC(COC(=O)CCCCCCC/C=C\C/C=C\CCCCCC)OC(=O)CCCCCCCCCCCCCCCCCCCCC. The number of esters is 3. The van der Waals surface area contributed by atoms with E-state index in [4.69, 9.17) is 14.2 Å². The van der Waals surface area contributed by atoms with Crippen LogP contribution >= 0.6 is 0 Å². The van der Waals surface area contributed by atoms with Crippen LogP contribution in [0.3, 0.4) is 0 Å². The van der Waals surface area contributed by atoms with Crippen LogP contribution in [-0.2, 0) is 28.6 Å². The number of carbonyl (C=O) groups is 3. The smallest absolute Gasteiger partial charge is 0.306 e. The lowest BCUT2D eigenvalue weighted by molar-refractivity contribution is -0.167. The number of hydrogen-bond donors (Lipinski definition) is 0. The molecule has 0 aliphatic heterocycles. The molecule has 0 saturated heterocycles. The van der Waals surface area contributed by atoms with Crippen LogP contribution in [0.1, 0.15) is 361 Å². The number of rotatable bonds is 64. The van der Waals surface area contributed by atoms with Gasteiger partial charge in [0.15, 0.2) is 6.10 Å². The molecule has 0 fully saturated rings. The van der Waals surface area contributed by atoms with Crippen LogP contribution in [0.5, 0.6) is 0 Å². The summed E-state index contributed by atoms with van der Waals surface area (Å²) in [6, 6.07) is 0. The van der Waals surface area contributed by atoms with Gasteiger partial charge in [-0.25, -0.2) is 0 Å². The maximum atomic E-state index is 13.0. The average molecular weight is 1120 g/mol. The van der Waals surface area contributed by atoms with E-state index in [1.165, 1.54) is 218 Å². The third kappa shape index (κ3) is 65.7. The Balaban J connectivity index is 4.29. The summed E-state index contributed by atoms with van der Waals surface area (Å²) in [6.45, 7) is 6.56. The number of ether oxygens (including phenoxy) is 3. The zero-order chi connectivity index (χ0) is 57.8. The number of allylic oxidation sites excluding steroid dienone is 12. The fraction of sp³-hybridized carbons (Fsp3) is 0.797. The minimum atomic E-state index is -0.780. The maximum absolute atomic E-state index is 13.0. The van der Waals surface area contributed by atoms with Crippen LogP contribution in [0, 0.1) is 0 Å². The molecule has 0 bridgehead atoms. The van der Waals surface area contributed by atoms with Crippen molar-refractivity contribution in [2.75, 3.05) is 13.2 Å². The van der Waals surface area contributed by atoms with Crippen molar-refractivity contribution in [1.82, 2.24) is 0 Å². The van der Waals surface area contributed by atoms with Gasteiger partial charge >= 0.3 is 17.9 Å². The van der Waals surface area contributed by atoms with Gasteiger partial charge in [0.25, 0.3) is 0 Å². The van der Waals surface area contributed by atoms with Crippen molar-refractivity contribution in [1.29, 1.82) is 0 Å². The van der Waals surface area contributed by atoms with E-state index in [9.17, 15) is 14.4 Å². The normalized spacial score (nSPS) is 12.5. The highest BCUT2D eigenvalue weighted by atomic mass is 16.6. The molecule has 0 heterocycles. The van der Waals surface area contributed by atoms with Gasteiger partial charge < -0.3 is 14.2 Å². The molecule has 0 aromatic heterocycles. The molecule has 0 aromatic rings. The third-order valence-corrected chi connectivity index (χ3v) is 15.4. The fourth-order valence-electron chi connectivity index (χ4n) is 10.2. The van der Waals surface area contributed by atoms with Gasteiger partial charge in [0.05, 0.1) is 0 Å². The number of carbonyl (C=O) groups excluding carboxylic acids is 3. The van der Waals surface area contributed by atoms with Gasteiger partial charge in [0.2, 0.25) is 0 Å². The average Bonchev–Trinajstić information content (AvgIpc) is 3.46. The Bertz CT molecular complexity index is 1470. The topological polar surface area (TPSA) is 78.9 Å². The minimum Gasteiger partial charge on any atom is -0.462 e. The van der Waals surface area contributed by atoms with E-state index in [2.05, 4.69) is 93.7 Å². The second-order valence-corrected chi connectivity index (χ2v) is 23.4. The molecule has 1 atom stereocenters. The molecule has 0 aliphatic rings. The monoisotopic (exact) mass is 1120 g/mol. The number of hydrogen-bond acceptors (Lipinski definition) is 6. The minimum absolute atomic E-state index is 0.0759. The van der Waals surface area contributed by atoms with Crippen molar-refractivity contribution in [3.8, 4) is 0 Å². The largest absolute Gasteiger partial charge is 0.462 e. The predicted molar refractivity (Wildman–Crippen MR) is 348 cm³/mol. The molecule has 0 aromatic carbocycles. The lowest BCUT2D eigenvalue weighted by Crippen LogP contribution is -2.30. The quantitative estimate of drug-likeness (QED) is 0.0261. The zero-order valence-corrected chi connectivity index (χ0v) is 53.3. The summed E-state index contributed by atoms with van der Waals surface area (Å²) in [6.07, 6.45) is 89.2. The lowest BCUT2D eigenvalue weighted by Gasteiger charge is -2.18. The predicted octanol–water partition coefficient (Wildman–Crippen LogP) is 24.1. The lowest BCUT2D eigenvalue weighted by atomic mass is 10.0. The van der Waals surface area contributed by atoms with E-state index < -0.39 is 6.10 Å². The molecule has 80 heavy (non-hydrogen) atoms. The van der Waals surface area contributed by atoms with E-state index in [-0.39, 0.29) is 31.1 Å². The molecular weight excluding hydrogens is 985 g/mol. The van der Waals surface area contributed by atoms with Crippen molar-refractivity contribution in [3.63, 3.8) is 0 Å². The highest BCUT2D eigenvalue weighted by Crippen LogP contribution is 2.18. The Morgan fingerprint density at radius 3 is 0.775 bits per heavy atom. The Morgan fingerprint density at radius 2 is 0.487 bits per heavy atom. The molecule has 0 radical (unpaired) electrons. The van der Waals surface area contributed by atoms with Crippen LogP contribution < -0.4 is 0 Å². The van der Waals surface area contributed by atoms with Crippen molar-refractivity contribution >= 4 is 17.9 Å². The van der Waals surface area contributed by atoms with E-state index in [1.54, 1.807) is 0 Å². The Morgan fingerprint density at radius 1 is 0.263 bits per heavy atom. The van der Waals surface area contributed by atoms with Gasteiger partial charge in [-0.3, -0.25) is 14.4 Å². The fourth-order valence-corrected chi connectivity index (χ4v) is 10.2. The first-order valence-electron chi connectivity index (χ1n) is 34.9. The Kier molecular flexibility index (Phi) is 65.7. The van der Waals surface area contributed by atoms with Gasteiger partial charge in [0.1, 0.15) is 13.2 Å². The summed E-state index contributed by atoms with van der Waals surface area (Å²) in [5, 5.41) is 0. The van der Waals surface area contributed by atoms with Gasteiger partial charge in [-0.2, -0.15) is 0 Å². The molecule has 0 amide bonds. The molecule has 1 unspecified atom stereocenters. The van der Waals surface area contributed by atoms with Crippen molar-refractivity contribution in [3.05, 3.63) is 72.9 Å². The zero-order valence-electron chi connectivity index (χ0n) is 53.3. The molecule has 0 saturated carbocycles. The summed E-state index contributed by atoms with van der Waals surface area (Å²) in [7, 11) is 0. The van der Waals surface area contributed by atoms with Gasteiger partial charge in [-0.1, -0.05) is 325 Å². The second kappa shape index (κ2) is 68.3.